The van der Waals surface area contributed by atoms with Crippen LogP contribution < -0.4 is 4.74 Å². The predicted octanol–water partition coefficient (Wildman–Crippen LogP) is 5.08. The molecule has 30 heavy (non-hydrogen) atoms. The van der Waals surface area contributed by atoms with Gasteiger partial charge in [0.05, 0.1) is 7.11 Å². The van der Waals surface area contributed by atoms with Crippen molar-refractivity contribution >= 4 is 16.9 Å². The van der Waals surface area contributed by atoms with E-state index < -0.39 is 5.60 Å². The maximum atomic E-state index is 12.1. The second-order valence-electron chi connectivity index (χ2n) is 8.28. The summed E-state index contributed by atoms with van der Waals surface area (Å²) in [5.74, 6) is 0.506. The maximum Gasteiger partial charge on any atom is 0.332 e. The molecule has 0 amide bonds. The van der Waals surface area contributed by atoms with Crippen molar-refractivity contribution in [3.8, 4) is 5.75 Å². The highest BCUT2D eigenvalue weighted by molar-refractivity contribution is 5.84. The van der Waals surface area contributed by atoms with Gasteiger partial charge in [-0.1, -0.05) is 30.3 Å². The fraction of sp³-hybridized carbons (Fsp3) is 0.320. The molecular weight excluding hydrogens is 376 g/mol. The zero-order valence-electron chi connectivity index (χ0n) is 18.1. The number of hydrogen-bond acceptors (Lipinski definition) is 4. The van der Waals surface area contributed by atoms with Crippen LogP contribution >= 0.6 is 0 Å². The Morgan fingerprint density at radius 3 is 2.60 bits per heavy atom. The van der Waals surface area contributed by atoms with Crippen LogP contribution in [0, 0.1) is 0 Å². The van der Waals surface area contributed by atoms with Gasteiger partial charge in [-0.15, -0.1) is 0 Å². The fourth-order valence-electron chi connectivity index (χ4n) is 3.28. The Balaban J connectivity index is 1.74. The number of hydrogen-bond donors (Lipinski definition) is 1. The first-order valence-corrected chi connectivity index (χ1v) is 10.2. The van der Waals surface area contributed by atoms with Crippen molar-refractivity contribution in [1.82, 2.24) is 9.88 Å². The van der Waals surface area contributed by atoms with Crippen molar-refractivity contribution in [2.24, 2.45) is 0 Å². The molecule has 0 aliphatic rings. The number of carbonyl (C=O) groups is 1. The number of ether oxygens (including phenoxy) is 2. The quantitative estimate of drug-likeness (QED) is 0.419. The van der Waals surface area contributed by atoms with Crippen molar-refractivity contribution in [3.63, 3.8) is 0 Å². The summed E-state index contributed by atoms with van der Waals surface area (Å²) in [5, 5.41) is 1.16. The summed E-state index contributed by atoms with van der Waals surface area (Å²) in [6, 6.07) is 16.3. The normalized spacial score (nSPS) is 11.7. The molecule has 0 fully saturated rings. The van der Waals surface area contributed by atoms with E-state index in [2.05, 4.69) is 28.1 Å². The van der Waals surface area contributed by atoms with Crippen LogP contribution in [0.2, 0.25) is 0 Å². The molecular formula is C25H30N2O3. The van der Waals surface area contributed by atoms with Crippen LogP contribution in [0.1, 0.15) is 31.9 Å². The Hall–Kier alpha value is -3.21. The summed E-state index contributed by atoms with van der Waals surface area (Å²) in [4.78, 5) is 17.6. The minimum atomic E-state index is -0.505. The van der Waals surface area contributed by atoms with Gasteiger partial charge >= 0.3 is 5.97 Å². The van der Waals surface area contributed by atoms with E-state index in [0.717, 1.165) is 29.6 Å². The number of benzene rings is 2. The fourth-order valence-corrected chi connectivity index (χ4v) is 3.28. The number of nitrogens with one attached hydrogen (secondary N) is 1. The zero-order chi connectivity index (χ0) is 21.6. The van der Waals surface area contributed by atoms with Crippen LogP contribution in [0.25, 0.3) is 10.9 Å². The number of H-pyrrole nitrogens is 1. The first-order chi connectivity index (χ1) is 14.3. The van der Waals surface area contributed by atoms with Gasteiger partial charge in [0.1, 0.15) is 11.4 Å². The van der Waals surface area contributed by atoms with Gasteiger partial charge in [-0.25, -0.2) is 4.79 Å². The Kier molecular flexibility index (Phi) is 6.83. The van der Waals surface area contributed by atoms with Gasteiger partial charge < -0.3 is 19.4 Å². The molecule has 0 atom stereocenters. The lowest BCUT2D eigenvalue weighted by Gasteiger charge is -2.21. The molecule has 1 aromatic heterocycles. The number of fused-ring (bicyclic) bond motifs is 1. The lowest BCUT2D eigenvalue weighted by Crippen LogP contribution is -2.24. The Labute approximate surface area is 178 Å². The van der Waals surface area contributed by atoms with E-state index in [-0.39, 0.29) is 5.97 Å². The van der Waals surface area contributed by atoms with Crippen LogP contribution in [0.15, 0.2) is 67.0 Å². The van der Waals surface area contributed by atoms with E-state index in [1.807, 2.05) is 63.5 Å². The van der Waals surface area contributed by atoms with E-state index in [1.54, 1.807) is 7.11 Å². The number of aromatic amines is 1. The first kappa shape index (κ1) is 21.5. The SMILES string of the molecule is COc1ccc2[nH]cc(CCN(/C=C/C(=O)OC(C)(C)C)Cc3ccccc3)c2c1. The number of rotatable bonds is 8. The van der Waals surface area contributed by atoms with Gasteiger partial charge in [0.25, 0.3) is 0 Å². The third kappa shape index (κ3) is 6.14. The van der Waals surface area contributed by atoms with Crippen molar-refractivity contribution in [2.45, 2.75) is 39.3 Å². The second kappa shape index (κ2) is 9.53. The Bertz CT molecular complexity index is 1000. The van der Waals surface area contributed by atoms with E-state index in [9.17, 15) is 4.79 Å². The Morgan fingerprint density at radius 1 is 1.13 bits per heavy atom. The molecule has 0 bridgehead atoms. The summed E-state index contributed by atoms with van der Waals surface area (Å²) < 4.78 is 10.8. The van der Waals surface area contributed by atoms with E-state index in [0.29, 0.717) is 6.54 Å². The predicted molar refractivity (Wildman–Crippen MR) is 120 cm³/mol. The van der Waals surface area contributed by atoms with Crippen molar-refractivity contribution in [1.29, 1.82) is 0 Å². The average Bonchev–Trinajstić information content (AvgIpc) is 3.11. The van der Waals surface area contributed by atoms with E-state index >= 15 is 0 Å². The zero-order valence-corrected chi connectivity index (χ0v) is 18.1. The van der Waals surface area contributed by atoms with Gasteiger partial charge in [0.15, 0.2) is 0 Å². The topological polar surface area (TPSA) is 54.6 Å². The third-order valence-corrected chi connectivity index (χ3v) is 4.70. The summed E-state index contributed by atoms with van der Waals surface area (Å²) >= 11 is 0. The van der Waals surface area contributed by atoms with Gasteiger partial charge in [-0.3, -0.25) is 0 Å². The summed E-state index contributed by atoms with van der Waals surface area (Å²) in [5.41, 5.74) is 2.98. The van der Waals surface area contributed by atoms with Gasteiger partial charge in [-0.2, -0.15) is 0 Å². The molecule has 0 aliphatic heterocycles. The molecule has 1 heterocycles. The molecule has 0 saturated heterocycles. The highest BCUT2D eigenvalue weighted by Gasteiger charge is 2.14. The summed E-state index contributed by atoms with van der Waals surface area (Å²) in [7, 11) is 1.68. The lowest BCUT2D eigenvalue weighted by molar-refractivity contribution is -0.148. The van der Waals surface area contributed by atoms with Crippen molar-refractivity contribution < 1.29 is 14.3 Å². The van der Waals surface area contributed by atoms with Crippen LogP contribution in [0.3, 0.4) is 0 Å². The number of esters is 1. The highest BCUT2D eigenvalue weighted by Crippen LogP contribution is 2.24. The van der Waals surface area contributed by atoms with Gasteiger partial charge in [0, 0.05) is 42.5 Å². The number of aromatic nitrogens is 1. The molecule has 0 spiro atoms. The van der Waals surface area contributed by atoms with Crippen LogP contribution in [-0.2, 0) is 22.5 Å². The molecule has 0 unspecified atom stereocenters. The lowest BCUT2D eigenvalue weighted by atomic mass is 10.1. The molecule has 2 aromatic carbocycles. The van der Waals surface area contributed by atoms with Gasteiger partial charge in [-0.05, 0) is 56.5 Å². The van der Waals surface area contributed by atoms with Crippen LogP contribution in [-0.4, -0.2) is 35.1 Å². The minimum Gasteiger partial charge on any atom is -0.497 e. The van der Waals surface area contributed by atoms with Gasteiger partial charge in [0.2, 0.25) is 0 Å². The molecule has 0 aliphatic carbocycles. The number of methoxy groups -OCH3 is 1. The minimum absolute atomic E-state index is 0.336. The molecule has 5 heteroatoms. The summed E-state index contributed by atoms with van der Waals surface area (Å²) in [6.45, 7) is 7.08. The smallest absolute Gasteiger partial charge is 0.332 e. The molecule has 3 rings (SSSR count). The molecule has 5 nitrogen and oxygen atoms in total. The van der Waals surface area contributed by atoms with E-state index in [4.69, 9.17) is 9.47 Å². The average molecular weight is 407 g/mol. The highest BCUT2D eigenvalue weighted by atomic mass is 16.6. The molecule has 1 N–H and O–H groups in total. The molecule has 0 saturated carbocycles. The standard InChI is InChI=1S/C25H30N2O3/c1-25(2,3)30-24(28)13-15-27(18-19-8-6-5-7-9-19)14-12-20-17-26-23-11-10-21(29-4)16-22(20)23/h5-11,13,15-17,26H,12,14,18H2,1-4H3/b15-13+. The number of nitrogens with zero attached hydrogens (tertiary/aromatic N) is 1. The molecule has 3 aromatic rings. The van der Waals surface area contributed by atoms with Crippen molar-refractivity contribution in [3.05, 3.63) is 78.1 Å². The molecule has 0 radical (unpaired) electrons. The van der Waals surface area contributed by atoms with Crippen molar-refractivity contribution in [2.75, 3.05) is 13.7 Å². The largest absolute Gasteiger partial charge is 0.497 e. The first-order valence-electron chi connectivity index (χ1n) is 10.2. The van der Waals surface area contributed by atoms with Crippen LogP contribution in [0.5, 0.6) is 5.75 Å². The van der Waals surface area contributed by atoms with E-state index in [1.165, 1.54) is 17.2 Å². The molecule has 158 valence electrons. The summed E-state index contributed by atoms with van der Waals surface area (Å²) in [6.07, 6.45) is 6.21. The van der Waals surface area contributed by atoms with Crippen LogP contribution in [0.4, 0.5) is 0 Å². The maximum absolute atomic E-state index is 12.1. The number of carbonyl (C=O) groups excluding carboxylic acids is 1. The second-order valence-corrected chi connectivity index (χ2v) is 8.28. The third-order valence-electron chi connectivity index (χ3n) is 4.70. The Morgan fingerprint density at radius 2 is 1.90 bits per heavy atom. The monoisotopic (exact) mass is 406 g/mol.